The van der Waals surface area contributed by atoms with Crippen LogP contribution in [0.5, 0.6) is 0 Å². The lowest BCUT2D eigenvalue weighted by Crippen LogP contribution is -2.24. The number of aryl methyl sites for hydroxylation is 1. The maximum absolute atomic E-state index is 12.9. The second-order valence-corrected chi connectivity index (χ2v) is 4.11. The average Bonchev–Trinajstić information content (AvgIpc) is 2.85. The highest BCUT2D eigenvalue weighted by Gasteiger charge is 2.15. The van der Waals surface area contributed by atoms with Crippen LogP contribution in [0.2, 0.25) is 0 Å². The van der Waals surface area contributed by atoms with Gasteiger partial charge in [-0.3, -0.25) is 9.48 Å². The molecule has 1 unspecified atom stereocenters. The highest BCUT2D eigenvalue weighted by molar-refractivity contribution is 5.94. The number of rotatable bonds is 3. The Bertz CT molecular complexity index is 551. The van der Waals surface area contributed by atoms with Gasteiger partial charge in [0.15, 0.2) is 0 Å². The van der Waals surface area contributed by atoms with E-state index < -0.39 is 6.04 Å². The number of anilines is 1. The minimum Gasteiger partial charge on any atom is -0.324 e. The van der Waals surface area contributed by atoms with Gasteiger partial charge in [-0.2, -0.15) is 5.10 Å². The number of carbonyl (C=O) groups excluding carboxylic acids is 1. The molecule has 4 nitrogen and oxygen atoms in total. The SMILES string of the molecule is Cc1cc(F)ccc1NC(=O)C(C)n1cccn1. The van der Waals surface area contributed by atoms with Crippen LogP contribution in [0.4, 0.5) is 10.1 Å². The number of nitrogens with one attached hydrogen (secondary N) is 1. The van der Waals surface area contributed by atoms with E-state index in [1.165, 1.54) is 12.1 Å². The number of benzene rings is 1. The Kier molecular flexibility index (Phi) is 3.41. The Morgan fingerprint density at radius 1 is 1.50 bits per heavy atom. The number of amides is 1. The van der Waals surface area contributed by atoms with Gasteiger partial charge in [-0.1, -0.05) is 0 Å². The zero-order valence-electron chi connectivity index (χ0n) is 10.2. The Morgan fingerprint density at radius 2 is 2.28 bits per heavy atom. The first-order valence-corrected chi connectivity index (χ1v) is 5.64. The van der Waals surface area contributed by atoms with Crippen molar-refractivity contribution in [2.75, 3.05) is 5.32 Å². The third-order valence-corrected chi connectivity index (χ3v) is 2.75. The van der Waals surface area contributed by atoms with Crippen LogP contribution >= 0.6 is 0 Å². The zero-order chi connectivity index (χ0) is 13.1. The number of halogens is 1. The van der Waals surface area contributed by atoms with Gasteiger partial charge in [0.05, 0.1) is 0 Å². The van der Waals surface area contributed by atoms with Gasteiger partial charge in [-0.05, 0) is 43.7 Å². The van der Waals surface area contributed by atoms with E-state index in [1.54, 1.807) is 43.1 Å². The van der Waals surface area contributed by atoms with E-state index in [-0.39, 0.29) is 11.7 Å². The summed E-state index contributed by atoms with van der Waals surface area (Å²) in [4.78, 5) is 12.0. The van der Waals surface area contributed by atoms with Crippen molar-refractivity contribution in [1.29, 1.82) is 0 Å². The van der Waals surface area contributed by atoms with Crippen molar-refractivity contribution in [2.45, 2.75) is 19.9 Å². The van der Waals surface area contributed by atoms with Gasteiger partial charge in [0, 0.05) is 18.1 Å². The van der Waals surface area contributed by atoms with Crippen LogP contribution in [0.15, 0.2) is 36.7 Å². The van der Waals surface area contributed by atoms with Crippen LogP contribution in [0.1, 0.15) is 18.5 Å². The van der Waals surface area contributed by atoms with E-state index in [0.717, 1.165) is 0 Å². The van der Waals surface area contributed by atoms with Crippen LogP contribution < -0.4 is 5.32 Å². The smallest absolute Gasteiger partial charge is 0.248 e. The molecule has 2 rings (SSSR count). The van der Waals surface area contributed by atoms with E-state index in [4.69, 9.17) is 0 Å². The van der Waals surface area contributed by atoms with Crippen LogP contribution in [-0.4, -0.2) is 15.7 Å². The third kappa shape index (κ3) is 2.56. The topological polar surface area (TPSA) is 46.9 Å². The molecule has 18 heavy (non-hydrogen) atoms. The summed E-state index contributed by atoms with van der Waals surface area (Å²) in [5.74, 6) is -0.501. The summed E-state index contributed by atoms with van der Waals surface area (Å²) in [5, 5.41) is 6.77. The van der Waals surface area contributed by atoms with Crippen molar-refractivity contribution in [3.05, 3.63) is 48.0 Å². The Labute approximate surface area is 104 Å². The second-order valence-electron chi connectivity index (χ2n) is 4.11. The first-order valence-electron chi connectivity index (χ1n) is 5.64. The molecule has 2 aromatic rings. The third-order valence-electron chi connectivity index (χ3n) is 2.75. The summed E-state index contributed by atoms with van der Waals surface area (Å²) in [6, 6.07) is 5.60. The lowest BCUT2D eigenvalue weighted by atomic mass is 10.2. The molecule has 0 saturated heterocycles. The van der Waals surface area contributed by atoms with Gasteiger partial charge in [0.25, 0.3) is 0 Å². The Hall–Kier alpha value is -2.17. The molecule has 0 radical (unpaired) electrons. The van der Waals surface area contributed by atoms with Crippen LogP contribution in [0.25, 0.3) is 0 Å². The molecule has 0 aliphatic rings. The molecule has 94 valence electrons. The quantitative estimate of drug-likeness (QED) is 0.906. The second kappa shape index (κ2) is 5.00. The van der Waals surface area contributed by atoms with E-state index in [9.17, 15) is 9.18 Å². The van der Waals surface area contributed by atoms with E-state index >= 15 is 0 Å². The fraction of sp³-hybridized carbons (Fsp3) is 0.231. The van der Waals surface area contributed by atoms with E-state index in [1.807, 2.05) is 0 Å². The van der Waals surface area contributed by atoms with Gasteiger partial charge < -0.3 is 5.32 Å². The predicted molar refractivity (Wildman–Crippen MR) is 66.7 cm³/mol. The predicted octanol–water partition coefficient (Wildman–Crippen LogP) is 2.53. The molecule has 1 heterocycles. The van der Waals surface area contributed by atoms with Gasteiger partial charge >= 0.3 is 0 Å². The number of aromatic nitrogens is 2. The molecule has 0 bridgehead atoms. The highest BCUT2D eigenvalue weighted by atomic mass is 19.1. The van der Waals surface area contributed by atoms with Crippen molar-refractivity contribution >= 4 is 11.6 Å². The van der Waals surface area contributed by atoms with Gasteiger partial charge in [0.1, 0.15) is 11.9 Å². The number of hydrogen-bond acceptors (Lipinski definition) is 2. The molecule has 0 spiro atoms. The maximum Gasteiger partial charge on any atom is 0.248 e. The fourth-order valence-electron chi connectivity index (χ4n) is 1.63. The summed E-state index contributed by atoms with van der Waals surface area (Å²) in [6.45, 7) is 3.50. The minimum atomic E-state index is -0.413. The van der Waals surface area contributed by atoms with Crippen LogP contribution in [-0.2, 0) is 4.79 Å². The molecule has 0 aliphatic carbocycles. The highest BCUT2D eigenvalue weighted by Crippen LogP contribution is 2.17. The first-order chi connectivity index (χ1) is 8.58. The van der Waals surface area contributed by atoms with Crippen LogP contribution in [0.3, 0.4) is 0 Å². The Morgan fingerprint density at radius 3 is 2.89 bits per heavy atom. The van der Waals surface area contributed by atoms with Crippen molar-refractivity contribution in [3.8, 4) is 0 Å². The summed E-state index contributed by atoms with van der Waals surface area (Å²) >= 11 is 0. The first kappa shape index (κ1) is 12.3. The standard InChI is InChI=1S/C13H14FN3O/c1-9-8-11(14)4-5-12(9)16-13(18)10(2)17-7-3-6-15-17/h3-8,10H,1-2H3,(H,16,18). The summed E-state index contributed by atoms with van der Waals surface area (Å²) in [7, 11) is 0. The molecule has 1 aromatic heterocycles. The lowest BCUT2D eigenvalue weighted by molar-refractivity contribution is -0.119. The van der Waals surface area contributed by atoms with Gasteiger partial charge in [-0.15, -0.1) is 0 Å². The zero-order valence-corrected chi connectivity index (χ0v) is 10.2. The van der Waals surface area contributed by atoms with E-state index in [2.05, 4.69) is 10.4 Å². The number of hydrogen-bond donors (Lipinski definition) is 1. The van der Waals surface area contributed by atoms with Gasteiger partial charge in [0.2, 0.25) is 5.91 Å². The molecule has 1 aromatic carbocycles. The Balaban J connectivity index is 2.12. The van der Waals surface area contributed by atoms with Crippen molar-refractivity contribution in [1.82, 2.24) is 9.78 Å². The molecule has 0 fully saturated rings. The molecule has 0 aliphatic heterocycles. The molecule has 1 amide bonds. The normalized spacial score (nSPS) is 12.2. The molecule has 0 saturated carbocycles. The monoisotopic (exact) mass is 247 g/mol. The molecular formula is C13H14FN3O. The molecule has 1 atom stereocenters. The molecule has 5 heteroatoms. The summed E-state index contributed by atoms with van der Waals surface area (Å²) < 4.78 is 14.5. The number of carbonyl (C=O) groups is 1. The summed E-state index contributed by atoms with van der Waals surface area (Å²) in [6.07, 6.45) is 3.34. The number of nitrogens with zero attached hydrogens (tertiary/aromatic N) is 2. The minimum absolute atomic E-state index is 0.187. The van der Waals surface area contributed by atoms with E-state index in [0.29, 0.717) is 11.3 Å². The maximum atomic E-state index is 12.9. The largest absolute Gasteiger partial charge is 0.324 e. The van der Waals surface area contributed by atoms with Gasteiger partial charge in [-0.25, -0.2) is 4.39 Å². The van der Waals surface area contributed by atoms with Crippen molar-refractivity contribution in [3.63, 3.8) is 0 Å². The molecule has 1 N–H and O–H groups in total. The fourth-order valence-corrected chi connectivity index (χ4v) is 1.63. The van der Waals surface area contributed by atoms with Crippen molar-refractivity contribution < 1.29 is 9.18 Å². The van der Waals surface area contributed by atoms with Crippen LogP contribution in [0, 0.1) is 12.7 Å². The van der Waals surface area contributed by atoms with Crippen molar-refractivity contribution in [2.24, 2.45) is 0 Å². The molecular weight excluding hydrogens is 233 g/mol. The lowest BCUT2D eigenvalue weighted by Gasteiger charge is -2.14. The summed E-state index contributed by atoms with van der Waals surface area (Å²) in [5.41, 5.74) is 1.30. The average molecular weight is 247 g/mol.